The lowest BCUT2D eigenvalue weighted by molar-refractivity contribution is -0.119. The van der Waals surface area contributed by atoms with Gasteiger partial charge in [-0.15, -0.1) is 0 Å². The molecule has 0 spiro atoms. The van der Waals surface area contributed by atoms with Crippen LogP contribution in [0.4, 0.5) is 0 Å². The van der Waals surface area contributed by atoms with E-state index in [9.17, 15) is 13.2 Å². The van der Waals surface area contributed by atoms with Gasteiger partial charge in [0, 0.05) is 6.54 Å². The van der Waals surface area contributed by atoms with Crippen molar-refractivity contribution in [1.82, 2.24) is 10.0 Å². The number of nitrogens with one attached hydrogen (secondary N) is 2. The first-order valence-corrected chi connectivity index (χ1v) is 9.52. The summed E-state index contributed by atoms with van der Waals surface area (Å²) in [5, 5.41) is 2.70. The molecule has 5 nitrogen and oxygen atoms in total. The number of hydrogen-bond acceptors (Lipinski definition) is 3. The fourth-order valence-electron chi connectivity index (χ4n) is 2.04. The summed E-state index contributed by atoms with van der Waals surface area (Å²) < 4.78 is 26.7. The highest BCUT2D eigenvalue weighted by Crippen LogP contribution is 2.23. The van der Waals surface area contributed by atoms with Crippen LogP contribution in [0.5, 0.6) is 0 Å². The standard InChI is InChI=1S/C17H28N2O3S/c1-5-6-7-12-18-16(20)13-19-23(21,22)15-10-8-14(9-11-15)17(2,3)4/h8-11,19H,5-7,12-13H2,1-4H3,(H,18,20). The Morgan fingerprint density at radius 3 is 2.22 bits per heavy atom. The Hall–Kier alpha value is -1.40. The first-order valence-electron chi connectivity index (χ1n) is 8.03. The van der Waals surface area contributed by atoms with Crippen molar-refractivity contribution in [3.05, 3.63) is 29.8 Å². The Bertz CT molecular complexity index is 602. The van der Waals surface area contributed by atoms with E-state index in [2.05, 4.69) is 37.7 Å². The van der Waals surface area contributed by atoms with Gasteiger partial charge >= 0.3 is 0 Å². The smallest absolute Gasteiger partial charge is 0.241 e. The lowest BCUT2D eigenvalue weighted by Gasteiger charge is -2.19. The van der Waals surface area contributed by atoms with Crippen molar-refractivity contribution >= 4 is 15.9 Å². The fraction of sp³-hybridized carbons (Fsp3) is 0.588. The molecule has 6 heteroatoms. The maximum Gasteiger partial charge on any atom is 0.241 e. The van der Waals surface area contributed by atoms with Gasteiger partial charge in [-0.2, -0.15) is 0 Å². The Morgan fingerprint density at radius 2 is 1.70 bits per heavy atom. The fourth-order valence-corrected chi connectivity index (χ4v) is 3.03. The molecule has 1 aromatic carbocycles. The van der Waals surface area contributed by atoms with Crippen molar-refractivity contribution in [2.75, 3.05) is 13.1 Å². The summed E-state index contributed by atoms with van der Waals surface area (Å²) in [4.78, 5) is 11.8. The number of amides is 1. The lowest BCUT2D eigenvalue weighted by atomic mass is 9.87. The van der Waals surface area contributed by atoms with E-state index in [0.29, 0.717) is 6.54 Å². The first-order chi connectivity index (χ1) is 10.7. The molecule has 0 aliphatic heterocycles. The molecule has 0 unspecified atom stereocenters. The zero-order valence-corrected chi connectivity index (χ0v) is 15.3. The van der Waals surface area contributed by atoms with Crippen LogP contribution in [0, 0.1) is 0 Å². The van der Waals surface area contributed by atoms with Crippen LogP contribution in [0.2, 0.25) is 0 Å². The average Bonchev–Trinajstić information content (AvgIpc) is 2.49. The summed E-state index contributed by atoms with van der Waals surface area (Å²) in [5.74, 6) is -0.309. The second kappa shape index (κ2) is 8.45. The average molecular weight is 340 g/mol. The van der Waals surface area contributed by atoms with Crippen LogP contribution in [0.25, 0.3) is 0 Å². The molecule has 0 radical (unpaired) electrons. The van der Waals surface area contributed by atoms with E-state index in [1.54, 1.807) is 24.3 Å². The van der Waals surface area contributed by atoms with Gasteiger partial charge < -0.3 is 5.32 Å². The van der Waals surface area contributed by atoms with Crippen LogP contribution >= 0.6 is 0 Å². The second-order valence-corrected chi connectivity index (χ2v) is 8.42. The van der Waals surface area contributed by atoms with Gasteiger partial charge in [-0.25, -0.2) is 13.1 Å². The van der Waals surface area contributed by atoms with Gasteiger partial charge in [-0.1, -0.05) is 52.7 Å². The highest BCUT2D eigenvalue weighted by Gasteiger charge is 2.18. The molecule has 0 saturated carbocycles. The highest BCUT2D eigenvalue weighted by molar-refractivity contribution is 7.89. The Labute approximate surface area is 139 Å². The quantitative estimate of drug-likeness (QED) is 0.714. The Balaban J connectivity index is 2.57. The summed E-state index contributed by atoms with van der Waals surface area (Å²) in [6.07, 6.45) is 3.03. The predicted octanol–water partition coefficient (Wildman–Crippen LogP) is 2.57. The molecule has 1 aromatic rings. The van der Waals surface area contributed by atoms with Gasteiger partial charge in [-0.3, -0.25) is 4.79 Å². The Morgan fingerprint density at radius 1 is 1.09 bits per heavy atom. The third-order valence-corrected chi connectivity index (χ3v) is 4.97. The van der Waals surface area contributed by atoms with Crippen molar-refractivity contribution in [2.24, 2.45) is 0 Å². The number of benzene rings is 1. The summed E-state index contributed by atoms with van der Waals surface area (Å²) in [5.41, 5.74) is 1.03. The van der Waals surface area contributed by atoms with E-state index >= 15 is 0 Å². The summed E-state index contributed by atoms with van der Waals surface area (Å²) in [7, 11) is -3.66. The molecule has 0 bridgehead atoms. The van der Waals surface area contributed by atoms with E-state index in [1.807, 2.05) is 0 Å². The molecular weight excluding hydrogens is 312 g/mol. The van der Waals surface area contributed by atoms with Crippen LogP contribution in [0.3, 0.4) is 0 Å². The molecule has 0 atom stereocenters. The zero-order chi connectivity index (χ0) is 17.5. The summed E-state index contributed by atoms with van der Waals surface area (Å²) in [6.45, 7) is 8.62. The van der Waals surface area contributed by atoms with Gasteiger partial charge in [0.15, 0.2) is 0 Å². The van der Waals surface area contributed by atoms with E-state index in [-0.39, 0.29) is 22.8 Å². The molecule has 1 amide bonds. The van der Waals surface area contributed by atoms with Crippen LogP contribution in [0.15, 0.2) is 29.2 Å². The number of sulfonamides is 1. The second-order valence-electron chi connectivity index (χ2n) is 6.66. The molecule has 0 fully saturated rings. The van der Waals surface area contributed by atoms with Crippen LogP contribution in [-0.2, 0) is 20.2 Å². The van der Waals surface area contributed by atoms with Gasteiger partial charge in [-0.05, 0) is 29.5 Å². The molecule has 0 saturated heterocycles. The van der Waals surface area contributed by atoms with Crippen molar-refractivity contribution < 1.29 is 13.2 Å². The lowest BCUT2D eigenvalue weighted by Crippen LogP contribution is -2.37. The SMILES string of the molecule is CCCCCNC(=O)CNS(=O)(=O)c1ccc(C(C)(C)C)cc1. The van der Waals surface area contributed by atoms with Crippen LogP contribution in [-0.4, -0.2) is 27.4 Å². The van der Waals surface area contributed by atoms with Crippen LogP contribution < -0.4 is 10.0 Å². The number of carbonyl (C=O) groups excluding carboxylic acids is 1. The predicted molar refractivity (Wildman–Crippen MR) is 92.9 cm³/mol. The number of rotatable bonds is 8. The highest BCUT2D eigenvalue weighted by atomic mass is 32.2. The van der Waals surface area contributed by atoms with E-state index in [1.165, 1.54) is 0 Å². The minimum atomic E-state index is -3.66. The van der Waals surface area contributed by atoms with Crippen molar-refractivity contribution in [2.45, 2.75) is 57.3 Å². The Kier molecular flexibility index (Phi) is 7.22. The molecule has 130 valence electrons. The number of carbonyl (C=O) groups is 1. The third kappa shape index (κ3) is 6.71. The van der Waals surface area contributed by atoms with Gasteiger partial charge in [0.05, 0.1) is 11.4 Å². The molecular formula is C17H28N2O3S. The van der Waals surface area contributed by atoms with Crippen molar-refractivity contribution in [3.8, 4) is 0 Å². The summed E-state index contributed by atoms with van der Waals surface area (Å²) >= 11 is 0. The maximum atomic E-state index is 12.2. The van der Waals surface area contributed by atoms with E-state index in [0.717, 1.165) is 24.8 Å². The molecule has 1 rings (SSSR count). The minimum absolute atomic E-state index is 0.0336. The topological polar surface area (TPSA) is 75.3 Å². The molecule has 0 aliphatic carbocycles. The normalized spacial score (nSPS) is 12.2. The third-order valence-electron chi connectivity index (χ3n) is 3.56. The molecule has 0 aliphatic rings. The monoisotopic (exact) mass is 340 g/mol. The van der Waals surface area contributed by atoms with Gasteiger partial charge in [0.1, 0.15) is 0 Å². The minimum Gasteiger partial charge on any atom is -0.355 e. The molecule has 0 aromatic heterocycles. The van der Waals surface area contributed by atoms with Gasteiger partial charge in [0.2, 0.25) is 15.9 Å². The molecule has 0 heterocycles. The zero-order valence-electron chi connectivity index (χ0n) is 14.5. The first kappa shape index (κ1) is 19.6. The van der Waals surface area contributed by atoms with Crippen molar-refractivity contribution in [3.63, 3.8) is 0 Å². The van der Waals surface area contributed by atoms with E-state index < -0.39 is 10.0 Å². The summed E-state index contributed by atoms with van der Waals surface area (Å²) in [6, 6.07) is 6.75. The molecule has 2 N–H and O–H groups in total. The maximum absolute atomic E-state index is 12.2. The molecule has 23 heavy (non-hydrogen) atoms. The number of unbranched alkanes of at least 4 members (excludes halogenated alkanes) is 2. The van der Waals surface area contributed by atoms with Crippen LogP contribution in [0.1, 0.15) is 52.5 Å². The van der Waals surface area contributed by atoms with Crippen molar-refractivity contribution in [1.29, 1.82) is 0 Å². The van der Waals surface area contributed by atoms with E-state index in [4.69, 9.17) is 0 Å². The largest absolute Gasteiger partial charge is 0.355 e. The number of hydrogen-bond donors (Lipinski definition) is 2. The van der Waals surface area contributed by atoms with Gasteiger partial charge in [0.25, 0.3) is 0 Å².